The zero-order valence-corrected chi connectivity index (χ0v) is 14.5. The standard InChI is InChI=1S/C16H12F4N2O2S2/c17-9-5-3-8(4-6-9)12-11(13(23)10-2-1-7-26-10)15(24,16(18,19)20)22-14(25)21-12/h1-7,11-12,24H,(H2,21,22,25)/t11-,12+,15-/m1/s1. The van der Waals surface area contributed by atoms with Gasteiger partial charge in [0.1, 0.15) is 11.7 Å². The lowest BCUT2D eigenvalue weighted by molar-refractivity contribution is -0.285. The summed E-state index contributed by atoms with van der Waals surface area (Å²) < 4.78 is 54.3. The summed E-state index contributed by atoms with van der Waals surface area (Å²) in [5.74, 6) is -3.47. The lowest BCUT2D eigenvalue weighted by Crippen LogP contribution is -2.72. The molecule has 1 aliphatic heterocycles. The summed E-state index contributed by atoms with van der Waals surface area (Å²) in [6.45, 7) is 0. The number of aliphatic hydroxyl groups is 1. The van der Waals surface area contributed by atoms with Crippen LogP contribution in [0.25, 0.3) is 0 Å². The number of hydrogen-bond donors (Lipinski definition) is 3. The maximum absolute atomic E-state index is 13.7. The molecule has 1 aliphatic rings. The van der Waals surface area contributed by atoms with Crippen molar-refractivity contribution in [2.75, 3.05) is 0 Å². The average Bonchev–Trinajstić information content (AvgIpc) is 3.08. The molecule has 1 fully saturated rings. The van der Waals surface area contributed by atoms with E-state index in [9.17, 15) is 27.5 Å². The van der Waals surface area contributed by atoms with Crippen LogP contribution in [0.4, 0.5) is 17.6 Å². The molecule has 3 atom stereocenters. The van der Waals surface area contributed by atoms with Crippen molar-refractivity contribution in [1.82, 2.24) is 10.6 Å². The Morgan fingerprint density at radius 2 is 1.88 bits per heavy atom. The van der Waals surface area contributed by atoms with Crippen molar-refractivity contribution in [3.63, 3.8) is 0 Å². The van der Waals surface area contributed by atoms with Gasteiger partial charge in [-0.2, -0.15) is 13.2 Å². The smallest absolute Gasteiger partial charge is 0.363 e. The number of benzene rings is 1. The number of halogens is 4. The van der Waals surface area contributed by atoms with Gasteiger partial charge in [0.2, 0.25) is 5.72 Å². The lowest BCUT2D eigenvalue weighted by atomic mass is 9.79. The SMILES string of the molecule is O=C(c1cccs1)[C@H]1[C@H](c2ccc(F)cc2)NC(=S)N[C@]1(O)C(F)(F)F. The molecule has 138 valence electrons. The maximum Gasteiger partial charge on any atom is 0.437 e. The average molecular weight is 404 g/mol. The molecule has 3 N–H and O–H groups in total. The van der Waals surface area contributed by atoms with Crippen LogP contribution in [0.1, 0.15) is 21.3 Å². The van der Waals surface area contributed by atoms with E-state index in [0.717, 1.165) is 23.5 Å². The Labute approximate surface area is 154 Å². The molecule has 1 aromatic carbocycles. The molecule has 10 heteroatoms. The summed E-state index contributed by atoms with van der Waals surface area (Å²) in [6.07, 6.45) is -5.19. The van der Waals surface area contributed by atoms with E-state index in [-0.39, 0.29) is 10.4 Å². The molecule has 0 radical (unpaired) electrons. The molecule has 1 saturated heterocycles. The molecule has 0 unspecified atom stereocenters. The molecule has 4 nitrogen and oxygen atoms in total. The largest absolute Gasteiger partial charge is 0.437 e. The van der Waals surface area contributed by atoms with E-state index >= 15 is 0 Å². The van der Waals surface area contributed by atoms with Crippen LogP contribution < -0.4 is 10.6 Å². The second kappa shape index (κ2) is 6.60. The first-order valence-electron chi connectivity index (χ1n) is 7.34. The lowest BCUT2D eigenvalue weighted by Gasteiger charge is -2.46. The Morgan fingerprint density at radius 1 is 1.23 bits per heavy atom. The van der Waals surface area contributed by atoms with E-state index < -0.39 is 40.6 Å². The van der Waals surface area contributed by atoms with E-state index in [0.29, 0.717) is 0 Å². The number of hydrogen-bond acceptors (Lipinski definition) is 4. The maximum atomic E-state index is 13.7. The number of ketones is 1. The van der Waals surface area contributed by atoms with Gasteiger partial charge in [-0.15, -0.1) is 11.3 Å². The number of thiocarbonyl (C=S) groups is 1. The number of rotatable bonds is 3. The Kier molecular flexibility index (Phi) is 4.76. The van der Waals surface area contributed by atoms with Crippen molar-refractivity contribution in [2.45, 2.75) is 17.9 Å². The highest BCUT2D eigenvalue weighted by Crippen LogP contribution is 2.44. The van der Waals surface area contributed by atoms with Gasteiger partial charge < -0.3 is 15.7 Å². The molecule has 1 aromatic heterocycles. The van der Waals surface area contributed by atoms with Crippen LogP contribution >= 0.6 is 23.6 Å². The van der Waals surface area contributed by atoms with Gasteiger partial charge in [-0.25, -0.2) is 4.39 Å². The van der Waals surface area contributed by atoms with Gasteiger partial charge in [-0.3, -0.25) is 4.79 Å². The van der Waals surface area contributed by atoms with Gasteiger partial charge in [0.15, 0.2) is 10.9 Å². The Balaban J connectivity index is 2.14. The summed E-state index contributed by atoms with van der Waals surface area (Å²) in [7, 11) is 0. The zero-order chi connectivity index (χ0) is 19.1. The van der Waals surface area contributed by atoms with Crippen LogP contribution in [-0.2, 0) is 0 Å². The Morgan fingerprint density at radius 3 is 2.42 bits per heavy atom. The number of carbonyl (C=O) groups is 1. The van der Waals surface area contributed by atoms with Gasteiger partial charge in [-0.1, -0.05) is 18.2 Å². The fraction of sp³-hybridized carbons (Fsp3) is 0.250. The third kappa shape index (κ3) is 3.19. The van der Waals surface area contributed by atoms with E-state index in [1.165, 1.54) is 24.3 Å². The first-order chi connectivity index (χ1) is 12.1. The zero-order valence-electron chi connectivity index (χ0n) is 12.9. The number of Topliss-reactive ketones (excluding diaryl/α,β-unsaturated/α-hetero) is 1. The number of thiophene rings is 1. The minimum atomic E-state index is -5.19. The molecule has 0 amide bonds. The fourth-order valence-electron chi connectivity index (χ4n) is 2.86. The highest BCUT2D eigenvalue weighted by Gasteiger charge is 2.65. The highest BCUT2D eigenvalue weighted by atomic mass is 32.1. The number of carbonyl (C=O) groups excluding carboxylic acids is 1. The first kappa shape index (κ1) is 18.7. The second-order valence-corrected chi connectivity index (χ2v) is 7.07. The summed E-state index contributed by atoms with van der Waals surface area (Å²) >= 11 is 5.76. The normalized spacial score (nSPS) is 26.1. The van der Waals surface area contributed by atoms with E-state index in [2.05, 4.69) is 5.32 Å². The van der Waals surface area contributed by atoms with Crippen molar-refractivity contribution < 1.29 is 27.5 Å². The topological polar surface area (TPSA) is 61.4 Å². The van der Waals surface area contributed by atoms with Crippen molar-refractivity contribution in [1.29, 1.82) is 0 Å². The minimum Gasteiger partial charge on any atom is -0.363 e. The Hall–Kier alpha value is -2.04. The van der Waals surface area contributed by atoms with Crippen LogP contribution in [0.15, 0.2) is 41.8 Å². The molecule has 0 bridgehead atoms. The molecule has 0 aliphatic carbocycles. The van der Waals surface area contributed by atoms with Crippen molar-refractivity contribution in [2.24, 2.45) is 5.92 Å². The van der Waals surface area contributed by atoms with Crippen molar-refractivity contribution >= 4 is 34.5 Å². The fourth-order valence-corrected chi connectivity index (χ4v) is 3.85. The Bertz CT molecular complexity index is 824. The molecule has 0 spiro atoms. The van der Waals surface area contributed by atoms with Crippen LogP contribution in [0.5, 0.6) is 0 Å². The summed E-state index contributed by atoms with van der Waals surface area (Å²) in [4.78, 5) is 12.9. The second-order valence-electron chi connectivity index (χ2n) is 5.71. The molecular weight excluding hydrogens is 392 g/mol. The van der Waals surface area contributed by atoms with Gasteiger partial charge in [0, 0.05) is 0 Å². The molecule has 2 aromatic rings. The van der Waals surface area contributed by atoms with Gasteiger partial charge in [0.25, 0.3) is 0 Å². The third-order valence-corrected chi connectivity index (χ3v) is 5.19. The van der Waals surface area contributed by atoms with Crippen LogP contribution in [0.3, 0.4) is 0 Å². The molecule has 26 heavy (non-hydrogen) atoms. The predicted molar refractivity (Wildman–Crippen MR) is 91.2 cm³/mol. The van der Waals surface area contributed by atoms with Gasteiger partial charge >= 0.3 is 6.18 Å². The summed E-state index contributed by atoms with van der Waals surface area (Å²) in [5.41, 5.74) is -3.39. The van der Waals surface area contributed by atoms with E-state index in [4.69, 9.17) is 12.2 Å². The monoisotopic (exact) mass is 404 g/mol. The van der Waals surface area contributed by atoms with Gasteiger partial charge in [0.05, 0.1) is 10.9 Å². The quantitative estimate of drug-likeness (QED) is 0.417. The van der Waals surface area contributed by atoms with Crippen LogP contribution in [0, 0.1) is 11.7 Å². The van der Waals surface area contributed by atoms with Crippen LogP contribution in [0.2, 0.25) is 0 Å². The number of nitrogens with one attached hydrogen (secondary N) is 2. The van der Waals surface area contributed by atoms with Gasteiger partial charge in [-0.05, 0) is 41.4 Å². The predicted octanol–water partition coefficient (Wildman–Crippen LogP) is 3.16. The third-order valence-electron chi connectivity index (χ3n) is 4.08. The number of alkyl halides is 3. The molecular formula is C16H12F4N2O2S2. The minimum absolute atomic E-state index is 0.0567. The van der Waals surface area contributed by atoms with E-state index in [1.54, 1.807) is 10.7 Å². The molecule has 2 heterocycles. The molecule has 0 saturated carbocycles. The van der Waals surface area contributed by atoms with E-state index in [1.807, 2.05) is 0 Å². The van der Waals surface area contributed by atoms with Crippen molar-refractivity contribution in [3.05, 3.63) is 58.0 Å². The van der Waals surface area contributed by atoms with Crippen molar-refractivity contribution in [3.8, 4) is 0 Å². The summed E-state index contributed by atoms with van der Waals surface area (Å²) in [5, 5.41) is 15.9. The highest BCUT2D eigenvalue weighted by molar-refractivity contribution is 7.80. The van der Waals surface area contributed by atoms with Crippen LogP contribution in [-0.4, -0.2) is 27.9 Å². The first-order valence-corrected chi connectivity index (χ1v) is 8.63. The summed E-state index contributed by atoms with van der Waals surface area (Å²) in [6, 6.07) is 6.19. The molecule has 3 rings (SSSR count).